The molecule has 1 aliphatic heterocycles. The van der Waals surface area contributed by atoms with Crippen molar-refractivity contribution < 1.29 is 23.2 Å². The second kappa shape index (κ2) is 8.41. The number of imidazole rings is 1. The van der Waals surface area contributed by atoms with Crippen molar-refractivity contribution in [3.05, 3.63) is 64.6 Å². The first-order valence-electron chi connectivity index (χ1n) is 10.2. The van der Waals surface area contributed by atoms with Gasteiger partial charge in [0.2, 0.25) is 11.7 Å². The lowest BCUT2D eigenvalue weighted by atomic mass is 10.0. The minimum Gasteiger partial charge on any atom is -0.453 e. The molecule has 0 aliphatic carbocycles. The van der Waals surface area contributed by atoms with E-state index in [2.05, 4.69) is 25.2 Å². The van der Waals surface area contributed by atoms with Crippen molar-refractivity contribution in [2.75, 3.05) is 25.5 Å². The van der Waals surface area contributed by atoms with Crippen LogP contribution in [-0.4, -0.2) is 56.6 Å². The smallest absolute Gasteiger partial charge is 0.409 e. The maximum atomic E-state index is 14.7. The van der Waals surface area contributed by atoms with Crippen molar-refractivity contribution in [3.8, 4) is 11.4 Å². The van der Waals surface area contributed by atoms with Crippen molar-refractivity contribution in [1.29, 1.82) is 0 Å². The summed E-state index contributed by atoms with van der Waals surface area (Å²) in [5.74, 6) is -0.648. The topological polar surface area (TPSA) is 115 Å². The van der Waals surface area contributed by atoms with Crippen LogP contribution in [0, 0.1) is 12.7 Å². The molecule has 34 heavy (non-hydrogen) atoms. The van der Waals surface area contributed by atoms with Crippen molar-refractivity contribution in [2.45, 2.75) is 12.8 Å². The number of halogens is 2. The SMILES string of the molecule is COC(=O)N1CC(c2nc(-c3cc(F)c(C)c(NC(=O)c4cnc5ccc(Cl)cn45)c3)no2)C1. The van der Waals surface area contributed by atoms with Gasteiger partial charge in [-0.1, -0.05) is 16.8 Å². The molecule has 0 radical (unpaired) electrons. The summed E-state index contributed by atoms with van der Waals surface area (Å²) in [6.45, 7) is 2.33. The van der Waals surface area contributed by atoms with Crippen LogP contribution in [0.4, 0.5) is 14.9 Å². The largest absolute Gasteiger partial charge is 0.453 e. The van der Waals surface area contributed by atoms with Gasteiger partial charge in [-0.25, -0.2) is 14.2 Å². The number of carbonyl (C=O) groups excluding carboxylic acids is 2. The fraction of sp³-hybridized carbons (Fsp3) is 0.227. The number of benzene rings is 1. The maximum absolute atomic E-state index is 14.7. The second-order valence-electron chi connectivity index (χ2n) is 7.83. The van der Waals surface area contributed by atoms with E-state index in [0.717, 1.165) is 0 Å². The molecule has 1 aromatic carbocycles. The van der Waals surface area contributed by atoms with Gasteiger partial charge in [0.25, 0.3) is 5.91 Å². The minimum atomic E-state index is -0.541. The number of ether oxygens (including phenoxy) is 1. The van der Waals surface area contributed by atoms with Crippen LogP contribution >= 0.6 is 11.6 Å². The molecule has 2 amide bonds. The zero-order valence-electron chi connectivity index (χ0n) is 18.1. The number of aromatic nitrogens is 4. The predicted molar refractivity (Wildman–Crippen MR) is 119 cm³/mol. The van der Waals surface area contributed by atoms with Gasteiger partial charge in [-0.15, -0.1) is 0 Å². The van der Waals surface area contributed by atoms with Gasteiger partial charge in [0.1, 0.15) is 17.2 Å². The third kappa shape index (κ3) is 3.83. The molecule has 0 spiro atoms. The second-order valence-corrected chi connectivity index (χ2v) is 8.27. The van der Waals surface area contributed by atoms with E-state index in [9.17, 15) is 14.0 Å². The molecule has 4 aromatic rings. The van der Waals surface area contributed by atoms with E-state index in [1.54, 1.807) is 35.7 Å². The fourth-order valence-corrected chi connectivity index (χ4v) is 3.84. The molecule has 1 fully saturated rings. The highest BCUT2D eigenvalue weighted by atomic mass is 35.5. The summed E-state index contributed by atoms with van der Waals surface area (Å²) in [6, 6.07) is 6.20. The van der Waals surface area contributed by atoms with Crippen molar-refractivity contribution in [1.82, 2.24) is 24.4 Å². The zero-order valence-corrected chi connectivity index (χ0v) is 18.8. The maximum Gasteiger partial charge on any atom is 0.409 e. The summed E-state index contributed by atoms with van der Waals surface area (Å²) in [5.41, 5.74) is 1.62. The van der Waals surface area contributed by atoms with Gasteiger partial charge in [0, 0.05) is 36.1 Å². The fourth-order valence-electron chi connectivity index (χ4n) is 3.68. The Morgan fingerprint density at radius 2 is 2.09 bits per heavy atom. The highest BCUT2D eigenvalue weighted by Gasteiger charge is 2.36. The van der Waals surface area contributed by atoms with Crippen LogP contribution in [0.1, 0.15) is 27.9 Å². The van der Waals surface area contributed by atoms with E-state index in [1.165, 1.54) is 24.3 Å². The molecular formula is C22H18ClFN6O4. The first kappa shape index (κ1) is 21.8. The van der Waals surface area contributed by atoms with Crippen LogP contribution in [-0.2, 0) is 4.74 Å². The van der Waals surface area contributed by atoms with Gasteiger partial charge in [0.15, 0.2) is 0 Å². The molecule has 0 unspecified atom stereocenters. The summed E-state index contributed by atoms with van der Waals surface area (Å²) >= 11 is 6.04. The lowest BCUT2D eigenvalue weighted by Gasteiger charge is -2.35. The number of hydrogen-bond acceptors (Lipinski definition) is 7. The summed E-state index contributed by atoms with van der Waals surface area (Å²) in [5, 5.41) is 7.11. The average Bonchev–Trinajstić information content (AvgIpc) is 3.42. The minimum absolute atomic E-state index is 0.128. The van der Waals surface area contributed by atoms with E-state index >= 15 is 0 Å². The number of anilines is 1. The number of methoxy groups -OCH3 is 1. The number of fused-ring (bicyclic) bond motifs is 1. The van der Waals surface area contributed by atoms with Crippen molar-refractivity contribution in [2.24, 2.45) is 0 Å². The molecule has 10 nitrogen and oxygen atoms in total. The molecule has 0 atom stereocenters. The Bertz CT molecular complexity index is 1430. The average molecular weight is 485 g/mol. The first-order valence-corrected chi connectivity index (χ1v) is 10.6. The third-order valence-corrected chi connectivity index (χ3v) is 5.88. The van der Waals surface area contributed by atoms with Gasteiger partial charge in [-0.3, -0.25) is 9.20 Å². The quantitative estimate of drug-likeness (QED) is 0.467. The van der Waals surface area contributed by atoms with Crippen LogP contribution < -0.4 is 5.32 Å². The molecule has 174 valence electrons. The number of nitrogens with one attached hydrogen (secondary N) is 1. The zero-order chi connectivity index (χ0) is 24.0. The third-order valence-electron chi connectivity index (χ3n) is 5.66. The van der Waals surface area contributed by atoms with Gasteiger partial charge in [-0.2, -0.15) is 4.98 Å². The molecular weight excluding hydrogens is 467 g/mol. The number of amides is 2. The molecule has 1 saturated heterocycles. The number of nitrogens with zero attached hydrogens (tertiary/aromatic N) is 5. The molecule has 0 saturated carbocycles. The monoisotopic (exact) mass is 484 g/mol. The van der Waals surface area contributed by atoms with E-state index in [4.69, 9.17) is 16.1 Å². The summed E-state index contributed by atoms with van der Waals surface area (Å²) in [6.07, 6.45) is 2.56. The van der Waals surface area contributed by atoms with Crippen LogP contribution in [0.25, 0.3) is 17.0 Å². The molecule has 0 bridgehead atoms. The number of hydrogen-bond donors (Lipinski definition) is 1. The molecule has 1 N–H and O–H groups in total. The van der Waals surface area contributed by atoms with E-state index in [0.29, 0.717) is 35.2 Å². The predicted octanol–water partition coefficient (Wildman–Crippen LogP) is 3.90. The summed E-state index contributed by atoms with van der Waals surface area (Å²) in [7, 11) is 1.31. The van der Waals surface area contributed by atoms with Crippen molar-refractivity contribution in [3.63, 3.8) is 0 Å². The number of rotatable bonds is 4. The van der Waals surface area contributed by atoms with Crippen LogP contribution in [0.15, 0.2) is 41.2 Å². The Kier molecular flexibility index (Phi) is 5.40. The molecule has 5 rings (SSSR count). The summed E-state index contributed by atoms with van der Waals surface area (Å²) in [4.78, 5) is 34.5. The van der Waals surface area contributed by atoms with Gasteiger partial charge >= 0.3 is 6.09 Å². The Labute approximate surface area is 197 Å². The number of likely N-dealkylation sites (tertiary alicyclic amines) is 1. The Morgan fingerprint density at radius 3 is 2.85 bits per heavy atom. The van der Waals surface area contributed by atoms with E-state index in [-0.39, 0.29) is 28.7 Å². The van der Waals surface area contributed by atoms with Gasteiger partial charge < -0.3 is 19.5 Å². The molecule has 1 aliphatic rings. The van der Waals surface area contributed by atoms with E-state index < -0.39 is 17.8 Å². The van der Waals surface area contributed by atoms with Crippen LogP contribution in [0.3, 0.4) is 0 Å². The van der Waals surface area contributed by atoms with Crippen LogP contribution in [0.2, 0.25) is 5.02 Å². The summed E-state index contributed by atoms with van der Waals surface area (Å²) < 4.78 is 26.3. The Morgan fingerprint density at radius 1 is 1.29 bits per heavy atom. The van der Waals surface area contributed by atoms with E-state index in [1.807, 2.05) is 0 Å². The molecule has 4 heterocycles. The highest BCUT2D eigenvalue weighted by Crippen LogP contribution is 2.30. The molecule has 3 aromatic heterocycles. The van der Waals surface area contributed by atoms with Crippen molar-refractivity contribution >= 4 is 34.9 Å². The highest BCUT2D eigenvalue weighted by molar-refractivity contribution is 6.30. The number of pyridine rings is 1. The molecule has 12 heteroatoms. The Hall–Kier alpha value is -3.99. The standard InChI is InChI=1S/C22H18ClFN6O4/c1-11-15(24)5-12(19-27-21(34-28-19)13-8-29(9-13)22(32)33-2)6-16(11)26-20(31)17-7-25-18-4-3-14(23)10-30(17)18/h3-7,10,13H,8-9H2,1-2H3,(H,26,31). The number of carbonyl (C=O) groups is 2. The first-order chi connectivity index (χ1) is 16.3. The van der Waals surface area contributed by atoms with Crippen LogP contribution in [0.5, 0.6) is 0 Å². The Balaban J connectivity index is 1.38. The normalized spacial score (nSPS) is 13.7. The van der Waals surface area contributed by atoms with Gasteiger partial charge in [-0.05, 0) is 31.2 Å². The van der Waals surface area contributed by atoms with Gasteiger partial charge in [0.05, 0.1) is 24.2 Å². The lowest BCUT2D eigenvalue weighted by molar-refractivity contribution is 0.0804. The lowest BCUT2D eigenvalue weighted by Crippen LogP contribution is -2.48.